The number of thioether (sulfide) groups is 1. The first-order valence-corrected chi connectivity index (χ1v) is 7.71. The summed E-state index contributed by atoms with van der Waals surface area (Å²) in [6, 6.07) is 8.09. The third kappa shape index (κ3) is 3.24. The summed E-state index contributed by atoms with van der Waals surface area (Å²) in [5.74, 6) is -0.255. The third-order valence-electron chi connectivity index (χ3n) is 3.56. The average Bonchev–Trinajstić information content (AvgIpc) is 2.48. The van der Waals surface area contributed by atoms with Gasteiger partial charge in [-0.25, -0.2) is 13.2 Å². The topological polar surface area (TPSA) is 12.0 Å². The number of benzene rings is 2. The number of nitrogens with one attached hydrogen (secondary N) is 1. The first-order chi connectivity index (χ1) is 10.1. The van der Waals surface area contributed by atoms with Gasteiger partial charge in [-0.2, -0.15) is 0 Å². The molecule has 1 aliphatic heterocycles. The van der Waals surface area contributed by atoms with Crippen LogP contribution >= 0.6 is 11.8 Å². The molecule has 0 radical (unpaired) electrons. The van der Waals surface area contributed by atoms with Crippen LogP contribution < -0.4 is 5.32 Å². The maximum atomic E-state index is 13.6. The Morgan fingerprint density at radius 1 is 1.05 bits per heavy atom. The molecule has 5 heteroatoms. The van der Waals surface area contributed by atoms with Crippen LogP contribution in [0.25, 0.3) is 0 Å². The molecule has 1 aliphatic rings. The largest absolute Gasteiger partial charge is 0.306 e. The fourth-order valence-electron chi connectivity index (χ4n) is 2.49. The van der Waals surface area contributed by atoms with Gasteiger partial charge < -0.3 is 5.32 Å². The highest BCUT2D eigenvalue weighted by atomic mass is 32.2. The molecule has 0 aliphatic carbocycles. The molecule has 1 heterocycles. The zero-order valence-corrected chi connectivity index (χ0v) is 12.0. The molecular weight excluding hydrogens is 295 g/mol. The van der Waals surface area contributed by atoms with Gasteiger partial charge in [0, 0.05) is 23.0 Å². The van der Waals surface area contributed by atoms with Crippen LogP contribution in [0.5, 0.6) is 0 Å². The molecule has 0 saturated heterocycles. The molecule has 0 fully saturated rings. The SMILES string of the molecule is Fc1ccc(F)c(CNC2CCSc3ccc(F)cc32)c1. The van der Waals surface area contributed by atoms with E-state index < -0.39 is 11.6 Å². The van der Waals surface area contributed by atoms with Crippen molar-refractivity contribution in [3.63, 3.8) is 0 Å². The Kier molecular flexibility index (Phi) is 4.22. The first-order valence-electron chi connectivity index (χ1n) is 6.73. The van der Waals surface area contributed by atoms with Gasteiger partial charge in [0.05, 0.1) is 0 Å². The Labute approximate surface area is 125 Å². The highest BCUT2D eigenvalue weighted by Gasteiger charge is 2.21. The van der Waals surface area contributed by atoms with E-state index in [0.29, 0.717) is 0 Å². The van der Waals surface area contributed by atoms with Crippen molar-refractivity contribution in [3.05, 3.63) is 65.0 Å². The maximum absolute atomic E-state index is 13.6. The minimum absolute atomic E-state index is 0.0420. The highest BCUT2D eigenvalue weighted by Crippen LogP contribution is 2.36. The Balaban J connectivity index is 1.78. The van der Waals surface area contributed by atoms with Gasteiger partial charge in [0.25, 0.3) is 0 Å². The molecular formula is C16H14F3NS. The molecule has 21 heavy (non-hydrogen) atoms. The van der Waals surface area contributed by atoms with Crippen LogP contribution in [0.15, 0.2) is 41.3 Å². The standard InChI is InChI=1S/C16H14F3NS/c17-11-1-3-14(19)10(7-11)9-20-15-5-6-21-16-4-2-12(18)8-13(15)16/h1-4,7-8,15,20H,5-6,9H2. The van der Waals surface area contributed by atoms with Crippen LogP contribution in [0, 0.1) is 17.5 Å². The monoisotopic (exact) mass is 309 g/mol. The van der Waals surface area contributed by atoms with Gasteiger partial charge in [-0.3, -0.25) is 0 Å². The van der Waals surface area contributed by atoms with Gasteiger partial charge in [-0.1, -0.05) is 0 Å². The smallest absolute Gasteiger partial charge is 0.127 e. The first kappa shape index (κ1) is 14.5. The van der Waals surface area contributed by atoms with E-state index >= 15 is 0 Å². The van der Waals surface area contributed by atoms with Crippen LogP contribution in [0.3, 0.4) is 0 Å². The van der Waals surface area contributed by atoms with Gasteiger partial charge >= 0.3 is 0 Å². The zero-order valence-electron chi connectivity index (χ0n) is 11.2. The van der Waals surface area contributed by atoms with E-state index in [2.05, 4.69) is 5.32 Å². The minimum Gasteiger partial charge on any atom is -0.306 e. The Morgan fingerprint density at radius 3 is 2.67 bits per heavy atom. The normalized spacial score (nSPS) is 17.6. The van der Waals surface area contributed by atoms with Gasteiger partial charge in [-0.15, -0.1) is 11.8 Å². The van der Waals surface area contributed by atoms with E-state index in [4.69, 9.17) is 0 Å². The van der Waals surface area contributed by atoms with Crippen molar-refractivity contribution in [2.24, 2.45) is 0 Å². The lowest BCUT2D eigenvalue weighted by molar-refractivity contribution is 0.490. The van der Waals surface area contributed by atoms with Gasteiger partial charge in [0.1, 0.15) is 17.5 Å². The summed E-state index contributed by atoms with van der Waals surface area (Å²) in [7, 11) is 0. The molecule has 110 valence electrons. The van der Waals surface area contributed by atoms with Crippen molar-refractivity contribution in [2.45, 2.75) is 23.9 Å². The molecule has 1 nitrogen and oxygen atoms in total. The molecule has 3 rings (SSSR count). The van der Waals surface area contributed by atoms with Crippen LogP contribution in [0.2, 0.25) is 0 Å². The lowest BCUT2D eigenvalue weighted by Gasteiger charge is -2.26. The van der Waals surface area contributed by atoms with Crippen molar-refractivity contribution >= 4 is 11.8 Å². The second-order valence-corrected chi connectivity index (χ2v) is 6.13. The summed E-state index contributed by atoms with van der Waals surface area (Å²) in [4.78, 5) is 1.04. The van der Waals surface area contributed by atoms with Crippen molar-refractivity contribution < 1.29 is 13.2 Å². The van der Waals surface area contributed by atoms with Crippen molar-refractivity contribution in [3.8, 4) is 0 Å². The van der Waals surface area contributed by atoms with Gasteiger partial charge in [0.15, 0.2) is 0 Å². The summed E-state index contributed by atoms with van der Waals surface area (Å²) < 4.78 is 40.2. The summed E-state index contributed by atoms with van der Waals surface area (Å²) >= 11 is 1.69. The number of rotatable bonds is 3. The minimum atomic E-state index is -0.459. The van der Waals surface area contributed by atoms with Crippen LogP contribution in [-0.4, -0.2) is 5.75 Å². The average molecular weight is 309 g/mol. The number of hydrogen-bond acceptors (Lipinski definition) is 2. The lowest BCUT2D eigenvalue weighted by Crippen LogP contribution is -2.24. The maximum Gasteiger partial charge on any atom is 0.127 e. The second-order valence-electron chi connectivity index (χ2n) is 4.99. The summed E-state index contributed by atoms with van der Waals surface area (Å²) in [5.41, 5.74) is 1.18. The summed E-state index contributed by atoms with van der Waals surface area (Å²) in [6.07, 6.45) is 0.831. The quantitative estimate of drug-likeness (QED) is 0.900. The molecule has 0 bridgehead atoms. The fourth-order valence-corrected chi connectivity index (χ4v) is 3.59. The molecule has 2 aromatic carbocycles. The molecule has 1 unspecified atom stereocenters. The van der Waals surface area contributed by atoms with Crippen LogP contribution in [0.4, 0.5) is 13.2 Å². The summed E-state index contributed by atoms with van der Waals surface area (Å²) in [5, 5.41) is 3.20. The number of fused-ring (bicyclic) bond motifs is 1. The number of halogens is 3. The van der Waals surface area contributed by atoms with Gasteiger partial charge in [-0.05, 0) is 54.1 Å². The highest BCUT2D eigenvalue weighted by molar-refractivity contribution is 7.99. The van der Waals surface area contributed by atoms with E-state index in [1.807, 2.05) is 0 Å². The molecule has 0 aromatic heterocycles. The van der Waals surface area contributed by atoms with E-state index in [9.17, 15) is 13.2 Å². The molecule has 1 atom stereocenters. The summed E-state index contributed by atoms with van der Waals surface area (Å²) in [6.45, 7) is 0.217. The van der Waals surface area contributed by atoms with Crippen LogP contribution in [0.1, 0.15) is 23.6 Å². The van der Waals surface area contributed by atoms with Crippen molar-refractivity contribution in [2.75, 3.05) is 5.75 Å². The van der Waals surface area contributed by atoms with Crippen molar-refractivity contribution in [1.82, 2.24) is 5.32 Å². The molecule has 2 aromatic rings. The predicted octanol–water partition coefficient (Wildman–Crippen LogP) is 4.43. The van der Waals surface area contributed by atoms with E-state index in [0.717, 1.165) is 34.8 Å². The lowest BCUT2D eigenvalue weighted by atomic mass is 10.0. The van der Waals surface area contributed by atoms with E-state index in [1.54, 1.807) is 17.8 Å². The predicted molar refractivity (Wildman–Crippen MR) is 77.7 cm³/mol. The van der Waals surface area contributed by atoms with Crippen LogP contribution in [-0.2, 0) is 6.54 Å². The van der Waals surface area contributed by atoms with E-state index in [1.165, 1.54) is 18.2 Å². The Bertz CT molecular complexity index is 660. The Hall–Kier alpha value is -1.46. The molecule has 1 N–H and O–H groups in total. The van der Waals surface area contributed by atoms with E-state index in [-0.39, 0.29) is 24.0 Å². The molecule has 0 amide bonds. The Morgan fingerprint density at radius 2 is 1.81 bits per heavy atom. The third-order valence-corrected chi connectivity index (χ3v) is 4.68. The zero-order chi connectivity index (χ0) is 14.8. The molecule has 0 saturated carbocycles. The molecule has 0 spiro atoms. The second kappa shape index (κ2) is 6.12. The van der Waals surface area contributed by atoms with Gasteiger partial charge in [0.2, 0.25) is 0 Å². The number of hydrogen-bond donors (Lipinski definition) is 1. The van der Waals surface area contributed by atoms with Crippen molar-refractivity contribution in [1.29, 1.82) is 0 Å². The fraction of sp³-hybridized carbons (Fsp3) is 0.250.